The van der Waals surface area contributed by atoms with Crippen LogP contribution in [0.4, 0.5) is 10.1 Å². The number of sulfonamides is 1. The molecule has 0 amide bonds. The van der Waals surface area contributed by atoms with E-state index in [-0.39, 0.29) is 4.90 Å². The summed E-state index contributed by atoms with van der Waals surface area (Å²) in [4.78, 5) is 0.139. The van der Waals surface area contributed by atoms with Crippen LogP contribution in [-0.2, 0) is 16.4 Å². The van der Waals surface area contributed by atoms with Gasteiger partial charge in [0.25, 0.3) is 10.0 Å². The zero-order valence-electron chi connectivity index (χ0n) is 12.6. The minimum atomic E-state index is -3.66. The second-order valence-electron chi connectivity index (χ2n) is 5.72. The van der Waals surface area contributed by atoms with Gasteiger partial charge in [-0.25, -0.2) is 12.8 Å². The average molecular weight is 319 g/mol. The predicted molar refractivity (Wildman–Crippen MR) is 85.2 cm³/mol. The van der Waals surface area contributed by atoms with Crippen molar-refractivity contribution in [2.75, 3.05) is 10.8 Å². The molecular weight excluding hydrogens is 301 g/mol. The molecule has 0 saturated heterocycles. The summed E-state index contributed by atoms with van der Waals surface area (Å²) >= 11 is 0. The lowest BCUT2D eigenvalue weighted by molar-refractivity contribution is 0.585. The van der Waals surface area contributed by atoms with E-state index in [0.29, 0.717) is 12.1 Å². The van der Waals surface area contributed by atoms with Crippen molar-refractivity contribution in [1.29, 1.82) is 0 Å². The number of halogens is 1. The molecule has 116 valence electrons. The summed E-state index contributed by atoms with van der Waals surface area (Å²) in [5.41, 5.74) is 3.24. The molecule has 0 aliphatic carbocycles. The second-order valence-corrected chi connectivity index (χ2v) is 7.59. The van der Waals surface area contributed by atoms with Crippen molar-refractivity contribution >= 4 is 15.7 Å². The van der Waals surface area contributed by atoms with Gasteiger partial charge in [-0.05, 0) is 62.1 Å². The molecule has 1 heterocycles. The number of nitrogens with zero attached hydrogens (tertiary/aromatic N) is 1. The Bertz CT molecular complexity index is 831. The first-order chi connectivity index (χ1) is 10.4. The van der Waals surface area contributed by atoms with E-state index in [2.05, 4.69) is 0 Å². The van der Waals surface area contributed by atoms with E-state index in [4.69, 9.17) is 0 Å². The van der Waals surface area contributed by atoms with Crippen molar-refractivity contribution in [1.82, 2.24) is 0 Å². The lowest BCUT2D eigenvalue weighted by Gasteiger charge is -2.30. The number of benzene rings is 2. The van der Waals surface area contributed by atoms with Crippen molar-refractivity contribution in [3.63, 3.8) is 0 Å². The van der Waals surface area contributed by atoms with Gasteiger partial charge in [-0.15, -0.1) is 0 Å². The maximum absolute atomic E-state index is 13.4. The summed E-state index contributed by atoms with van der Waals surface area (Å²) in [7, 11) is -3.66. The van der Waals surface area contributed by atoms with Gasteiger partial charge < -0.3 is 0 Å². The number of fused-ring (bicyclic) bond motifs is 1. The predicted octanol–water partition coefficient (Wildman–Crippen LogP) is 3.58. The third kappa shape index (κ3) is 2.50. The molecule has 2 aromatic carbocycles. The van der Waals surface area contributed by atoms with Gasteiger partial charge in [-0.1, -0.05) is 17.7 Å². The van der Waals surface area contributed by atoms with E-state index < -0.39 is 15.8 Å². The molecule has 0 bridgehead atoms. The fraction of sp³-hybridized carbons (Fsp3) is 0.294. The molecule has 3 rings (SSSR count). The van der Waals surface area contributed by atoms with E-state index in [0.717, 1.165) is 29.7 Å². The SMILES string of the molecule is Cc1ccc2c(c1)CCCN2S(=O)(=O)c1ccc(F)c(C)c1. The number of hydrogen-bond acceptors (Lipinski definition) is 2. The zero-order valence-corrected chi connectivity index (χ0v) is 13.5. The molecule has 3 nitrogen and oxygen atoms in total. The van der Waals surface area contributed by atoms with E-state index in [1.165, 1.54) is 22.5 Å². The van der Waals surface area contributed by atoms with Gasteiger partial charge in [0, 0.05) is 6.54 Å². The molecule has 0 radical (unpaired) electrons. The van der Waals surface area contributed by atoms with Crippen LogP contribution in [0.15, 0.2) is 41.3 Å². The Kier molecular flexibility index (Phi) is 3.68. The molecule has 0 spiro atoms. The van der Waals surface area contributed by atoms with Crippen molar-refractivity contribution in [3.8, 4) is 0 Å². The van der Waals surface area contributed by atoms with Gasteiger partial charge >= 0.3 is 0 Å². The molecule has 1 aliphatic rings. The van der Waals surface area contributed by atoms with Crippen LogP contribution in [0.5, 0.6) is 0 Å². The molecule has 0 unspecified atom stereocenters. The van der Waals surface area contributed by atoms with Crippen LogP contribution in [0.1, 0.15) is 23.1 Å². The van der Waals surface area contributed by atoms with Gasteiger partial charge in [-0.2, -0.15) is 0 Å². The van der Waals surface area contributed by atoms with Crippen LogP contribution < -0.4 is 4.31 Å². The fourth-order valence-corrected chi connectivity index (χ4v) is 4.47. The molecule has 0 N–H and O–H groups in total. The number of aryl methyl sites for hydroxylation is 3. The summed E-state index contributed by atoms with van der Waals surface area (Å²) in [6, 6.07) is 9.75. The smallest absolute Gasteiger partial charge is 0.264 e. The third-order valence-electron chi connectivity index (χ3n) is 4.03. The van der Waals surface area contributed by atoms with Crippen LogP contribution in [0, 0.1) is 19.7 Å². The normalized spacial score (nSPS) is 14.8. The maximum Gasteiger partial charge on any atom is 0.264 e. The van der Waals surface area contributed by atoms with E-state index in [9.17, 15) is 12.8 Å². The van der Waals surface area contributed by atoms with Crippen molar-refractivity contribution in [2.24, 2.45) is 0 Å². The first-order valence-electron chi connectivity index (χ1n) is 7.28. The minimum Gasteiger partial charge on any atom is -0.266 e. The Balaban J connectivity index is 2.09. The van der Waals surface area contributed by atoms with Crippen LogP contribution >= 0.6 is 0 Å². The highest BCUT2D eigenvalue weighted by molar-refractivity contribution is 7.92. The van der Waals surface area contributed by atoms with Crippen molar-refractivity contribution in [3.05, 3.63) is 58.9 Å². The highest BCUT2D eigenvalue weighted by Gasteiger charge is 2.29. The maximum atomic E-state index is 13.4. The van der Waals surface area contributed by atoms with Crippen LogP contribution in [0.2, 0.25) is 0 Å². The first-order valence-corrected chi connectivity index (χ1v) is 8.72. The number of hydrogen-bond donors (Lipinski definition) is 0. The highest BCUT2D eigenvalue weighted by Crippen LogP contribution is 2.32. The summed E-state index contributed by atoms with van der Waals surface area (Å²) < 4.78 is 40.7. The van der Waals surface area contributed by atoms with Gasteiger partial charge in [0.05, 0.1) is 10.6 Å². The summed E-state index contributed by atoms with van der Waals surface area (Å²) in [5, 5.41) is 0. The largest absolute Gasteiger partial charge is 0.266 e. The minimum absolute atomic E-state index is 0.139. The van der Waals surface area contributed by atoms with Crippen LogP contribution in [-0.4, -0.2) is 15.0 Å². The number of anilines is 1. The standard InChI is InChI=1S/C17H18FNO2S/c1-12-5-8-17-14(10-12)4-3-9-19(17)22(20,21)15-6-7-16(18)13(2)11-15/h5-8,10-11H,3-4,9H2,1-2H3. The lowest BCUT2D eigenvalue weighted by Crippen LogP contribution is -2.35. The molecule has 2 aromatic rings. The summed E-state index contributed by atoms with van der Waals surface area (Å²) in [6.07, 6.45) is 1.67. The van der Waals surface area contributed by atoms with E-state index in [1.807, 2.05) is 25.1 Å². The topological polar surface area (TPSA) is 37.4 Å². The Hall–Kier alpha value is -1.88. The van der Waals surface area contributed by atoms with Crippen molar-refractivity contribution in [2.45, 2.75) is 31.6 Å². The van der Waals surface area contributed by atoms with Crippen LogP contribution in [0.25, 0.3) is 0 Å². The van der Waals surface area contributed by atoms with Gasteiger partial charge in [0.1, 0.15) is 5.82 Å². The Morgan fingerprint density at radius 1 is 1.09 bits per heavy atom. The summed E-state index contributed by atoms with van der Waals surface area (Å²) in [5.74, 6) is -0.395. The Morgan fingerprint density at radius 2 is 1.86 bits per heavy atom. The average Bonchev–Trinajstić information content (AvgIpc) is 2.49. The van der Waals surface area contributed by atoms with Gasteiger partial charge in [-0.3, -0.25) is 4.31 Å². The van der Waals surface area contributed by atoms with E-state index >= 15 is 0 Å². The first kappa shape index (κ1) is 15.0. The molecule has 22 heavy (non-hydrogen) atoms. The molecule has 1 aliphatic heterocycles. The van der Waals surface area contributed by atoms with Crippen LogP contribution in [0.3, 0.4) is 0 Å². The zero-order chi connectivity index (χ0) is 15.9. The fourth-order valence-electron chi connectivity index (χ4n) is 2.85. The molecule has 0 atom stereocenters. The van der Waals surface area contributed by atoms with Gasteiger partial charge in [0.2, 0.25) is 0 Å². The third-order valence-corrected chi connectivity index (χ3v) is 5.84. The highest BCUT2D eigenvalue weighted by atomic mass is 32.2. The van der Waals surface area contributed by atoms with Gasteiger partial charge in [0.15, 0.2) is 0 Å². The Morgan fingerprint density at radius 3 is 2.59 bits per heavy atom. The molecule has 5 heteroatoms. The lowest BCUT2D eigenvalue weighted by atomic mass is 10.0. The Labute approximate surface area is 130 Å². The number of rotatable bonds is 2. The quantitative estimate of drug-likeness (QED) is 0.848. The molecule has 0 aromatic heterocycles. The van der Waals surface area contributed by atoms with Crippen molar-refractivity contribution < 1.29 is 12.8 Å². The monoisotopic (exact) mass is 319 g/mol. The second kappa shape index (κ2) is 5.39. The van der Waals surface area contributed by atoms with E-state index in [1.54, 1.807) is 6.92 Å². The molecule has 0 saturated carbocycles. The molecule has 0 fully saturated rings. The molecular formula is C17H18FNO2S. The summed E-state index contributed by atoms with van der Waals surface area (Å²) in [6.45, 7) is 4.02.